The Morgan fingerprint density at radius 3 is 2.04 bits per heavy atom. The maximum Gasteiger partial charge on any atom is 0.0619 e. The number of fused-ring (bicyclic) bond motifs is 5. The quantitative estimate of drug-likeness (QED) is 0.171. The van der Waals surface area contributed by atoms with Gasteiger partial charge in [-0.1, -0.05) is 134 Å². The summed E-state index contributed by atoms with van der Waals surface area (Å²) >= 11 is 0. The van der Waals surface area contributed by atoms with Crippen molar-refractivity contribution in [3.63, 3.8) is 0 Å². The van der Waals surface area contributed by atoms with E-state index in [1.165, 1.54) is 54.9 Å². The van der Waals surface area contributed by atoms with Crippen LogP contribution in [0.5, 0.6) is 0 Å². The summed E-state index contributed by atoms with van der Waals surface area (Å²) in [5.74, 6) is 0. The molecule has 47 heavy (non-hydrogen) atoms. The normalized spacial score (nSPS) is 12.7. The third-order valence-corrected chi connectivity index (χ3v) is 8.98. The van der Waals surface area contributed by atoms with E-state index in [0.29, 0.717) is 0 Å². The van der Waals surface area contributed by atoms with E-state index < -0.39 is 0 Å². The predicted molar refractivity (Wildman–Crippen MR) is 204 cm³/mol. The lowest BCUT2D eigenvalue weighted by molar-refractivity contribution is 1.19. The molecule has 0 radical (unpaired) electrons. The summed E-state index contributed by atoms with van der Waals surface area (Å²) in [6.45, 7) is 4.12. The summed E-state index contributed by atoms with van der Waals surface area (Å²) in [5, 5.41) is 4.90. The fourth-order valence-electron chi connectivity index (χ4n) is 6.62. The zero-order valence-electron chi connectivity index (χ0n) is 26.9. The summed E-state index contributed by atoms with van der Waals surface area (Å²) in [4.78, 5) is 0. The SMILES string of the molecule is C/C=C\C(=C/C)C/C=C\C(=C/N)c1ccc2c3ccc4cc(-c5cccc(-c6ccccc6)c5)ccc4c3n(-c3ccccc3)c2c1. The molecular weight excluding hydrogens is 569 g/mol. The predicted octanol–water partition coefficient (Wildman–Crippen LogP) is 12.0. The molecule has 0 amide bonds. The van der Waals surface area contributed by atoms with Crippen molar-refractivity contribution in [3.8, 4) is 27.9 Å². The smallest absolute Gasteiger partial charge is 0.0619 e. The van der Waals surface area contributed by atoms with Crippen molar-refractivity contribution in [3.05, 3.63) is 181 Å². The van der Waals surface area contributed by atoms with E-state index in [1.807, 2.05) is 6.92 Å². The molecule has 2 heteroatoms. The van der Waals surface area contributed by atoms with Crippen molar-refractivity contribution >= 4 is 38.2 Å². The third-order valence-electron chi connectivity index (χ3n) is 8.98. The van der Waals surface area contributed by atoms with Gasteiger partial charge in [0, 0.05) is 28.0 Å². The second-order valence-electron chi connectivity index (χ2n) is 11.8. The molecule has 7 rings (SSSR count). The molecule has 2 nitrogen and oxygen atoms in total. The fourth-order valence-corrected chi connectivity index (χ4v) is 6.62. The molecule has 228 valence electrons. The minimum atomic E-state index is 0.856. The lowest BCUT2D eigenvalue weighted by atomic mass is 9.96. The van der Waals surface area contributed by atoms with Crippen LogP contribution in [0.15, 0.2) is 176 Å². The van der Waals surface area contributed by atoms with Crippen molar-refractivity contribution in [1.29, 1.82) is 0 Å². The number of allylic oxidation sites excluding steroid dienone is 7. The molecular formula is C45H38N2. The maximum atomic E-state index is 6.21. The van der Waals surface area contributed by atoms with Gasteiger partial charge in [0.25, 0.3) is 0 Å². The standard InChI is InChI=1S/C45H38N2/c1-3-13-32(4-2)14-11-19-39(31-46)37-23-26-42-43-27-24-38-29-36(35-18-12-17-34(28-35)33-15-7-5-8-16-33)22-25-41(38)45(43)47(44(42)30-37)40-20-9-6-10-21-40/h3-13,15-31H,14,46H2,1-2H3/b13-3-,19-11-,32-4+,39-31+. The average molecular weight is 607 g/mol. The highest BCUT2D eigenvalue weighted by Crippen LogP contribution is 2.39. The highest BCUT2D eigenvalue weighted by atomic mass is 15.0. The van der Waals surface area contributed by atoms with Crippen molar-refractivity contribution in [2.24, 2.45) is 5.73 Å². The number of para-hydroxylation sites is 1. The molecule has 0 aliphatic heterocycles. The topological polar surface area (TPSA) is 30.9 Å². The van der Waals surface area contributed by atoms with Crippen LogP contribution in [0, 0.1) is 0 Å². The minimum absolute atomic E-state index is 0.856. The molecule has 0 fully saturated rings. The van der Waals surface area contributed by atoms with Crippen LogP contribution in [-0.4, -0.2) is 4.57 Å². The number of nitrogens with two attached hydrogens (primary N) is 1. The Morgan fingerprint density at radius 1 is 0.617 bits per heavy atom. The van der Waals surface area contributed by atoms with Gasteiger partial charge in [0.15, 0.2) is 0 Å². The molecule has 7 aromatic rings. The van der Waals surface area contributed by atoms with Gasteiger partial charge in [0.1, 0.15) is 0 Å². The van der Waals surface area contributed by atoms with Crippen molar-refractivity contribution in [1.82, 2.24) is 4.57 Å². The lowest BCUT2D eigenvalue weighted by Crippen LogP contribution is -1.95. The van der Waals surface area contributed by atoms with Gasteiger partial charge in [-0.2, -0.15) is 0 Å². The Hall–Kier alpha value is -5.86. The third kappa shape index (κ3) is 5.82. The van der Waals surface area contributed by atoms with Crippen LogP contribution in [0.4, 0.5) is 0 Å². The van der Waals surface area contributed by atoms with Crippen molar-refractivity contribution < 1.29 is 0 Å². The Labute approximate surface area is 277 Å². The number of nitrogens with zero attached hydrogens (tertiary/aromatic N) is 1. The van der Waals surface area contributed by atoms with Crippen LogP contribution in [0.25, 0.3) is 66.1 Å². The monoisotopic (exact) mass is 606 g/mol. The van der Waals surface area contributed by atoms with Gasteiger partial charge in [0.2, 0.25) is 0 Å². The van der Waals surface area contributed by atoms with Gasteiger partial charge in [0.05, 0.1) is 11.0 Å². The summed E-state index contributed by atoms with van der Waals surface area (Å²) in [6, 6.07) is 48.2. The van der Waals surface area contributed by atoms with Gasteiger partial charge in [-0.15, -0.1) is 0 Å². The van der Waals surface area contributed by atoms with E-state index in [-0.39, 0.29) is 0 Å². The first kappa shape index (κ1) is 29.8. The van der Waals surface area contributed by atoms with Crippen molar-refractivity contribution in [2.75, 3.05) is 0 Å². The molecule has 0 bridgehead atoms. The number of rotatable bonds is 8. The van der Waals surface area contributed by atoms with E-state index >= 15 is 0 Å². The van der Waals surface area contributed by atoms with Gasteiger partial charge >= 0.3 is 0 Å². The summed E-state index contributed by atoms with van der Waals surface area (Å²) in [5.41, 5.74) is 17.9. The fraction of sp³-hybridized carbons (Fsp3) is 0.0667. The molecule has 0 spiro atoms. The first-order valence-electron chi connectivity index (χ1n) is 16.3. The number of hydrogen-bond donors (Lipinski definition) is 1. The Bertz CT molecular complexity index is 2330. The van der Waals surface area contributed by atoms with Crippen LogP contribution in [0.2, 0.25) is 0 Å². The zero-order chi connectivity index (χ0) is 32.2. The zero-order valence-corrected chi connectivity index (χ0v) is 26.9. The molecule has 0 saturated heterocycles. The molecule has 0 unspecified atom stereocenters. The summed E-state index contributed by atoms with van der Waals surface area (Å²) < 4.78 is 2.41. The molecule has 6 aromatic carbocycles. The lowest BCUT2D eigenvalue weighted by Gasteiger charge is -2.12. The average Bonchev–Trinajstić information content (AvgIpc) is 3.47. The minimum Gasteiger partial charge on any atom is -0.404 e. The number of hydrogen-bond acceptors (Lipinski definition) is 1. The number of aromatic nitrogens is 1. The van der Waals surface area contributed by atoms with Gasteiger partial charge in [-0.05, 0) is 94.9 Å². The Morgan fingerprint density at radius 2 is 1.30 bits per heavy atom. The highest BCUT2D eigenvalue weighted by Gasteiger charge is 2.16. The van der Waals surface area contributed by atoms with Crippen LogP contribution >= 0.6 is 0 Å². The van der Waals surface area contributed by atoms with Crippen LogP contribution in [0.1, 0.15) is 25.8 Å². The van der Waals surface area contributed by atoms with Crippen LogP contribution in [-0.2, 0) is 0 Å². The van der Waals surface area contributed by atoms with Crippen LogP contribution in [0.3, 0.4) is 0 Å². The van der Waals surface area contributed by atoms with Gasteiger partial charge in [-0.25, -0.2) is 0 Å². The molecule has 2 N–H and O–H groups in total. The maximum absolute atomic E-state index is 6.21. The van der Waals surface area contributed by atoms with Crippen molar-refractivity contribution in [2.45, 2.75) is 20.3 Å². The molecule has 0 saturated carbocycles. The highest BCUT2D eigenvalue weighted by molar-refractivity contribution is 6.19. The van der Waals surface area contributed by atoms with Crippen LogP contribution < -0.4 is 5.73 Å². The van der Waals surface area contributed by atoms with E-state index in [0.717, 1.165) is 28.8 Å². The first-order valence-corrected chi connectivity index (χ1v) is 16.3. The number of benzene rings is 6. The second-order valence-corrected chi connectivity index (χ2v) is 11.8. The summed E-state index contributed by atoms with van der Waals surface area (Å²) in [7, 11) is 0. The Balaban J connectivity index is 1.37. The van der Waals surface area contributed by atoms with E-state index in [4.69, 9.17) is 5.73 Å². The van der Waals surface area contributed by atoms with E-state index in [2.05, 4.69) is 175 Å². The summed E-state index contributed by atoms with van der Waals surface area (Å²) in [6.07, 6.45) is 13.3. The molecule has 1 heterocycles. The molecule has 1 aromatic heterocycles. The van der Waals surface area contributed by atoms with Gasteiger partial charge in [-0.3, -0.25) is 0 Å². The van der Waals surface area contributed by atoms with E-state index in [9.17, 15) is 0 Å². The van der Waals surface area contributed by atoms with E-state index in [1.54, 1.807) is 6.20 Å². The molecule has 0 atom stereocenters. The van der Waals surface area contributed by atoms with Gasteiger partial charge < -0.3 is 10.3 Å². The Kier molecular flexibility index (Phi) is 8.41. The molecule has 0 aliphatic carbocycles. The first-order chi connectivity index (χ1) is 23.2. The molecule has 0 aliphatic rings. The largest absolute Gasteiger partial charge is 0.404 e. The second kappa shape index (κ2) is 13.2.